The molecule has 0 fully saturated rings. The van der Waals surface area contributed by atoms with Crippen LogP contribution in [0.5, 0.6) is 0 Å². The summed E-state index contributed by atoms with van der Waals surface area (Å²) < 4.78 is 5.30. The smallest absolute Gasteiger partial charge is 0.254 e. The molecule has 0 aliphatic rings. The molecule has 1 atom stereocenters. The molecule has 0 spiro atoms. The maximum absolute atomic E-state index is 12.9. The molecule has 2 amide bonds. The van der Waals surface area contributed by atoms with E-state index in [1.807, 2.05) is 24.3 Å². The van der Waals surface area contributed by atoms with Crippen molar-refractivity contribution in [3.63, 3.8) is 0 Å². The lowest BCUT2D eigenvalue weighted by molar-refractivity contribution is -0.119. The van der Waals surface area contributed by atoms with Gasteiger partial charge in [0.25, 0.3) is 5.91 Å². The van der Waals surface area contributed by atoms with Crippen LogP contribution in [0.2, 0.25) is 5.02 Å². The van der Waals surface area contributed by atoms with Gasteiger partial charge in [0, 0.05) is 38.2 Å². The summed E-state index contributed by atoms with van der Waals surface area (Å²) in [6.07, 6.45) is 0. The van der Waals surface area contributed by atoms with Crippen molar-refractivity contribution in [2.24, 2.45) is 0 Å². The van der Waals surface area contributed by atoms with Crippen LogP contribution < -0.4 is 5.32 Å². The molecule has 138 valence electrons. The Balaban J connectivity index is 2.14. The van der Waals surface area contributed by atoms with Crippen molar-refractivity contribution in [3.8, 4) is 0 Å². The monoisotopic (exact) mass is 374 g/mol. The number of ether oxygens (including phenoxy) is 1. The van der Waals surface area contributed by atoms with E-state index in [1.165, 1.54) is 6.92 Å². The number of benzene rings is 2. The van der Waals surface area contributed by atoms with Crippen molar-refractivity contribution in [1.29, 1.82) is 0 Å². The standard InChI is InChI=1S/C20H23ClN2O3/c1-14(24)22-12-15-4-6-17(7-5-15)20(25)23(2)19(13-26-3)16-8-10-18(21)11-9-16/h4-11,19H,12-13H2,1-3H3,(H,22,24). The molecule has 1 unspecified atom stereocenters. The van der Waals surface area contributed by atoms with E-state index in [-0.39, 0.29) is 17.9 Å². The average Bonchev–Trinajstić information content (AvgIpc) is 2.64. The molecular formula is C20H23ClN2O3. The van der Waals surface area contributed by atoms with Gasteiger partial charge in [-0.1, -0.05) is 35.9 Å². The third kappa shape index (κ3) is 5.31. The van der Waals surface area contributed by atoms with E-state index in [0.717, 1.165) is 11.1 Å². The Morgan fingerprint density at radius 1 is 1.12 bits per heavy atom. The van der Waals surface area contributed by atoms with E-state index in [9.17, 15) is 9.59 Å². The highest BCUT2D eigenvalue weighted by molar-refractivity contribution is 6.30. The van der Waals surface area contributed by atoms with Crippen LogP contribution in [0.25, 0.3) is 0 Å². The van der Waals surface area contributed by atoms with Gasteiger partial charge in [-0.15, -0.1) is 0 Å². The quantitative estimate of drug-likeness (QED) is 0.807. The lowest BCUT2D eigenvalue weighted by Crippen LogP contribution is -2.33. The Labute approximate surface area is 158 Å². The minimum atomic E-state index is -0.219. The minimum Gasteiger partial charge on any atom is -0.382 e. The van der Waals surface area contributed by atoms with Crippen molar-refractivity contribution in [1.82, 2.24) is 10.2 Å². The zero-order valence-electron chi connectivity index (χ0n) is 15.2. The molecular weight excluding hydrogens is 352 g/mol. The van der Waals surface area contributed by atoms with Gasteiger partial charge in [0.05, 0.1) is 12.6 Å². The second-order valence-corrected chi connectivity index (χ2v) is 6.48. The fourth-order valence-electron chi connectivity index (χ4n) is 2.61. The average molecular weight is 375 g/mol. The molecule has 6 heteroatoms. The van der Waals surface area contributed by atoms with Crippen LogP contribution >= 0.6 is 11.6 Å². The molecule has 0 aliphatic carbocycles. The third-order valence-electron chi connectivity index (χ3n) is 4.11. The van der Waals surface area contributed by atoms with E-state index in [4.69, 9.17) is 16.3 Å². The Hall–Kier alpha value is -2.37. The number of hydrogen-bond donors (Lipinski definition) is 1. The molecule has 0 saturated carbocycles. The van der Waals surface area contributed by atoms with Gasteiger partial charge in [0.2, 0.25) is 5.91 Å². The van der Waals surface area contributed by atoms with Gasteiger partial charge in [0.15, 0.2) is 0 Å². The maximum Gasteiger partial charge on any atom is 0.254 e. The molecule has 0 bridgehead atoms. The highest BCUT2D eigenvalue weighted by Gasteiger charge is 2.22. The van der Waals surface area contributed by atoms with Gasteiger partial charge in [-0.05, 0) is 35.4 Å². The lowest BCUT2D eigenvalue weighted by Gasteiger charge is -2.28. The van der Waals surface area contributed by atoms with E-state index < -0.39 is 0 Å². The normalized spacial score (nSPS) is 11.7. The Morgan fingerprint density at radius 3 is 2.27 bits per heavy atom. The molecule has 1 N–H and O–H groups in total. The van der Waals surface area contributed by atoms with E-state index in [0.29, 0.717) is 23.7 Å². The SMILES string of the molecule is COCC(c1ccc(Cl)cc1)N(C)C(=O)c1ccc(CNC(C)=O)cc1. The third-order valence-corrected chi connectivity index (χ3v) is 4.36. The van der Waals surface area contributed by atoms with Crippen LogP contribution in [0.15, 0.2) is 48.5 Å². The van der Waals surface area contributed by atoms with E-state index in [2.05, 4.69) is 5.32 Å². The molecule has 26 heavy (non-hydrogen) atoms. The molecule has 0 aliphatic heterocycles. The van der Waals surface area contributed by atoms with Gasteiger partial charge < -0.3 is 15.0 Å². The topological polar surface area (TPSA) is 58.6 Å². The van der Waals surface area contributed by atoms with Gasteiger partial charge in [0.1, 0.15) is 0 Å². The molecule has 0 aromatic heterocycles. The first-order valence-corrected chi connectivity index (χ1v) is 8.65. The number of nitrogens with zero attached hydrogens (tertiary/aromatic N) is 1. The Morgan fingerprint density at radius 2 is 1.73 bits per heavy atom. The highest BCUT2D eigenvalue weighted by Crippen LogP contribution is 2.23. The Bertz CT molecular complexity index is 745. The van der Waals surface area contributed by atoms with Crippen molar-refractivity contribution in [2.45, 2.75) is 19.5 Å². The van der Waals surface area contributed by atoms with E-state index >= 15 is 0 Å². The first kappa shape index (κ1) is 19.9. The van der Waals surface area contributed by atoms with Crippen LogP contribution in [0.3, 0.4) is 0 Å². The van der Waals surface area contributed by atoms with Gasteiger partial charge in [-0.2, -0.15) is 0 Å². The van der Waals surface area contributed by atoms with Gasteiger partial charge in [-0.3, -0.25) is 9.59 Å². The van der Waals surface area contributed by atoms with Crippen LogP contribution in [0.1, 0.15) is 34.5 Å². The fourth-order valence-corrected chi connectivity index (χ4v) is 2.74. The van der Waals surface area contributed by atoms with E-state index in [1.54, 1.807) is 43.3 Å². The first-order valence-electron chi connectivity index (χ1n) is 8.27. The summed E-state index contributed by atoms with van der Waals surface area (Å²) in [7, 11) is 3.36. The highest BCUT2D eigenvalue weighted by atomic mass is 35.5. The summed E-state index contributed by atoms with van der Waals surface area (Å²) in [5, 5.41) is 3.38. The predicted octanol–water partition coefficient (Wildman–Crippen LogP) is 3.44. The summed E-state index contributed by atoms with van der Waals surface area (Å²) in [6.45, 7) is 2.29. The largest absolute Gasteiger partial charge is 0.382 e. The number of carbonyl (C=O) groups is 2. The van der Waals surface area contributed by atoms with Crippen molar-refractivity contribution < 1.29 is 14.3 Å². The second-order valence-electron chi connectivity index (χ2n) is 6.05. The van der Waals surface area contributed by atoms with Crippen LogP contribution in [0, 0.1) is 0 Å². The van der Waals surface area contributed by atoms with Gasteiger partial charge in [-0.25, -0.2) is 0 Å². The minimum absolute atomic E-state index is 0.0877. The van der Waals surface area contributed by atoms with Crippen LogP contribution in [-0.4, -0.2) is 37.5 Å². The predicted molar refractivity (Wildman–Crippen MR) is 102 cm³/mol. The number of methoxy groups -OCH3 is 1. The molecule has 0 radical (unpaired) electrons. The summed E-state index contributed by atoms with van der Waals surface area (Å²) in [5.41, 5.74) is 2.47. The molecule has 2 rings (SSSR count). The van der Waals surface area contributed by atoms with Crippen molar-refractivity contribution in [3.05, 3.63) is 70.2 Å². The molecule has 2 aromatic carbocycles. The lowest BCUT2D eigenvalue weighted by atomic mass is 10.0. The number of amides is 2. The number of likely N-dealkylation sites (N-methyl/N-ethyl adjacent to an activating group) is 1. The number of nitrogens with one attached hydrogen (secondary N) is 1. The van der Waals surface area contributed by atoms with Crippen LogP contribution in [-0.2, 0) is 16.1 Å². The number of hydrogen-bond acceptors (Lipinski definition) is 3. The first-order chi connectivity index (χ1) is 12.4. The van der Waals surface area contributed by atoms with Crippen LogP contribution in [0.4, 0.5) is 0 Å². The zero-order valence-corrected chi connectivity index (χ0v) is 15.9. The maximum atomic E-state index is 12.9. The number of halogens is 1. The summed E-state index contributed by atoms with van der Waals surface area (Å²) >= 11 is 5.95. The summed E-state index contributed by atoms with van der Waals surface area (Å²) in [6, 6.07) is 14.4. The molecule has 5 nitrogen and oxygen atoms in total. The van der Waals surface area contributed by atoms with Crippen molar-refractivity contribution >= 4 is 23.4 Å². The molecule has 0 saturated heterocycles. The summed E-state index contributed by atoms with van der Waals surface area (Å²) in [4.78, 5) is 25.5. The summed E-state index contributed by atoms with van der Waals surface area (Å²) in [5.74, 6) is -0.191. The number of carbonyl (C=O) groups excluding carboxylic acids is 2. The van der Waals surface area contributed by atoms with Crippen molar-refractivity contribution in [2.75, 3.05) is 20.8 Å². The fraction of sp³-hybridized carbons (Fsp3) is 0.300. The molecule has 2 aromatic rings. The number of rotatable bonds is 7. The Kier molecular flexibility index (Phi) is 7.18. The molecule has 0 heterocycles. The van der Waals surface area contributed by atoms with Gasteiger partial charge >= 0.3 is 0 Å². The second kappa shape index (κ2) is 9.36. The zero-order chi connectivity index (χ0) is 19.1.